The molecule has 0 spiro atoms. The number of para-hydroxylation sites is 2. The number of hydrogen-bond acceptors (Lipinski definition) is 4. The lowest BCUT2D eigenvalue weighted by atomic mass is 10.0. The molecule has 0 bridgehead atoms. The zero-order valence-corrected chi connectivity index (χ0v) is 11.7. The average molecular weight is 290 g/mol. The Hall–Kier alpha value is -3.14. The van der Waals surface area contributed by atoms with Gasteiger partial charge in [-0.25, -0.2) is 0 Å². The number of hydrogen-bond donors (Lipinski definition) is 2. The molecule has 3 aromatic rings. The second-order valence-electron chi connectivity index (χ2n) is 4.76. The minimum absolute atomic E-state index is 0.119. The highest BCUT2D eigenvalue weighted by atomic mass is 16.3. The topological polar surface area (TPSA) is 62.2 Å². The van der Waals surface area contributed by atoms with Gasteiger partial charge in [0.15, 0.2) is 5.78 Å². The van der Waals surface area contributed by atoms with E-state index in [1.54, 1.807) is 42.6 Å². The van der Waals surface area contributed by atoms with Crippen molar-refractivity contribution in [2.75, 3.05) is 5.32 Å². The zero-order chi connectivity index (χ0) is 15.4. The van der Waals surface area contributed by atoms with Crippen LogP contribution in [0, 0.1) is 0 Å². The lowest BCUT2D eigenvalue weighted by molar-refractivity contribution is 0.103. The molecular formula is C18H14N2O2. The van der Waals surface area contributed by atoms with Gasteiger partial charge >= 0.3 is 0 Å². The summed E-state index contributed by atoms with van der Waals surface area (Å²) in [5, 5.41) is 12.9. The highest BCUT2D eigenvalue weighted by Crippen LogP contribution is 2.28. The van der Waals surface area contributed by atoms with Gasteiger partial charge in [-0.15, -0.1) is 0 Å². The van der Waals surface area contributed by atoms with Crippen molar-refractivity contribution in [3.63, 3.8) is 0 Å². The first-order chi connectivity index (χ1) is 10.8. The largest absolute Gasteiger partial charge is 0.506 e. The van der Waals surface area contributed by atoms with Gasteiger partial charge in [-0.2, -0.15) is 0 Å². The Balaban J connectivity index is 1.97. The van der Waals surface area contributed by atoms with Gasteiger partial charge in [0.05, 0.1) is 16.9 Å². The number of aromatic hydroxyl groups is 1. The number of ketones is 1. The molecule has 4 heteroatoms. The first-order valence-corrected chi connectivity index (χ1v) is 6.84. The fraction of sp³-hybridized carbons (Fsp3) is 0. The third-order valence-corrected chi connectivity index (χ3v) is 3.28. The van der Waals surface area contributed by atoms with E-state index >= 15 is 0 Å². The second-order valence-corrected chi connectivity index (χ2v) is 4.76. The van der Waals surface area contributed by atoms with Crippen LogP contribution >= 0.6 is 0 Å². The zero-order valence-electron chi connectivity index (χ0n) is 11.7. The molecule has 2 N–H and O–H groups in total. The van der Waals surface area contributed by atoms with Crippen LogP contribution in [0.5, 0.6) is 5.75 Å². The van der Waals surface area contributed by atoms with Crippen LogP contribution in [-0.4, -0.2) is 15.9 Å². The van der Waals surface area contributed by atoms with Crippen molar-refractivity contribution in [1.82, 2.24) is 4.98 Å². The van der Waals surface area contributed by atoms with Crippen LogP contribution in [0.3, 0.4) is 0 Å². The van der Waals surface area contributed by atoms with E-state index in [4.69, 9.17) is 0 Å². The Bertz CT molecular complexity index is 801. The molecule has 0 unspecified atom stereocenters. The highest BCUT2D eigenvalue weighted by Gasteiger charge is 2.14. The number of phenols is 1. The van der Waals surface area contributed by atoms with E-state index in [-0.39, 0.29) is 11.5 Å². The molecule has 108 valence electrons. The molecular weight excluding hydrogens is 276 g/mol. The molecule has 3 rings (SSSR count). The molecule has 22 heavy (non-hydrogen) atoms. The molecule has 0 aliphatic rings. The Kier molecular flexibility index (Phi) is 3.83. The van der Waals surface area contributed by atoms with Crippen LogP contribution in [0.25, 0.3) is 0 Å². The molecule has 1 heterocycles. The molecule has 0 radical (unpaired) electrons. The number of nitrogens with one attached hydrogen (secondary N) is 1. The van der Waals surface area contributed by atoms with Crippen molar-refractivity contribution in [2.24, 2.45) is 0 Å². The molecule has 1 aromatic heterocycles. The highest BCUT2D eigenvalue weighted by molar-refractivity contribution is 6.12. The van der Waals surface area contributed by atoms with Crippen molar-refractivity contribution in [3.8, 4) is 5.75 Å². The number of carbonyl (C=O) groups is 1. The van der Waals surface area contributed by atoms with Gasteiger partial charge in [-0.1, -0.05) is 42.5 Å². The lowest BCUT2D eigenvalue weighted by Gasteiger charge is -2.12. The van der Waals surface area contributed by atoms with Crippen LogP contribution in [0.4, 0.5) is 11.4 Å². The molecule has 0 saturated carbocycles. The van der Waals surface area contributed by atoms with Gasteiger partial charge in [-0.3, -0.25) is 9.78 Å². The molecule has 0 aliphatic heterocycles. The molecule has 0 atom stereocenters. The Morgan fingerprint density at radius 3 is 2.41 bits per heavy atom. The van der Waals surface area contributed by atoms with Gasteiger partial charge in [0, 0.05) is 18.0 Å². The van der Waals surface area contributed by atoms with Crippen molar-refractivity contribution >= 4 is 17.2 Å². The van der Waals surface area contributed by atoms with E-state index in [0.717, 1.165) is 0 Å². The van der Waals surface area contributed by atoms with E-state index in [1.807, 2.05) is 24.3 Å². The predicted octanol–water partition coefficient (Wildman–Crippen LogP) is 3.76. The van der Waals surface area contributed by atoms with Gasteiger partial charge in [0.2, 0.25) is 0 Å². The standard InChI is InChI=1S/C18H14N2O2/c21-17-9-5-4-8-16(17)20-15-10-11-19-12-14(15)18(22)13-6-2-1-3-7-13/h1-12,21H,(H,19,20). The Morgan fingerprint density at radius 1 is 0.909 bits per heavy atom. The van der Waals surface area contributed by atoms with Crippen LogP contribution in [0.2, 0.25) is 0 Å². The van der Waals surface area contributed by atoms with Crippen molar-refractivity contribution in [2.45, 2.75) is 0 Å². The van der Waals surface area contributed by atoms with Crippen LogP contribution in [-0.2, 0) is 0 Å². The number of benzene rings is 2. The minimum atomic E-state index is -0.119. The quantitative estimate of drug-likeness (QED) is 0.567. The van der Waals surface area contributed by atoms with E-state index in [0.29, 0.717) is 22.5 Å². The van der Waals surface area contributed by atoms with E-state index < -0.39 is 0 Å². The maximum atomic E-state index is 12.6. The summed E-state index contributed by atoms with van der Waals surface area (Å²) in [6.45, 7) is 0. The fourth-order valence-corrected chi connectivity index (χ4v) is 2.15. The summed E-state index contributed by atoms with van der Waals surface area (Å²) >= 11 is 0. The average Bonchev–Trinajstić information content (AvgIpc) is 2.58. The Morgan fingerprint density at radius 2 is 1.64 bits per heavy atom. The molecule has 2 aromatic carbocycles. The van der Waals surface area contributed by atoms with E-state index in [2.05, 4.69) is 10.3 Å². The monoisotopic (exact) mass is 290 g/mol. The normalized spacial score (nSPS) is 10.2. The SMILES string of the molecule is O=C(c1ccccc1)c1cnccc1Nc1ccccc1O. The van der Waals surface area contributed by atoms with Crippen molar-refractivity contribution in [3.05, 3.63) is 84.2 Å². The number of rotatable bonds is 4. The predicted molar refractivity (Wildman–Crippen MR) is 85.5 cm³/mol. The van der Waals surface area contributed by atoms with Crippen LogP contribution < -0.4 is 5.32 Å². The van der Waals surface area contributed by atoms with Gasteiger partial charge in [0.25, 0.3) is 0 Å². The van der Waals surface area contributed by atoms with E-state index in [1.165, 1.54) is 6.20 Å². The minimum Gasteiger partial charge on any atom is -0.506 e. The molecule has 0 aliphatic carbocycles. The summed E-state index contributed by atoms with van der Waals surface area (Å²) in [4.78, 5) is 16.6. The second kappa shape index (κ2) is 6.10. The van der Waals surface area contributed by atoms with Gasteiger partial charge in [-0.05, 0) is 18.2 Å². The summed E-state index contributed by atoms with van der Waals surface area (Å²) in [6, 6.07) is 17.6. The van der Waals surface area contributed by atoms with Gasteiger partial charge in [0.1, 0.15) is 5.75 Å². The fourth-order valence-electron chi connectivity index (χ4n) is 2.15. The van der Waals surface area contributed by atoms with Gasteiger partial charge < -0.3 is 10.4 Å². The molecule has 0 amide bonds. The first kappa shape index (κ1) is 13.8. The number of anilines is 2. The number of nitrogens with zero attached hydrogens (tertiary/aromatic N) is 1. The van der Waals surface area contributed by atoms with Crippen LogP contribution in [0.15, 0.2) is 73.1 Å². The third-order valence-electron chi connectivity index (χ3n) is 3.28. The first-order valence-electron chi connectivity index (χ1n) is 6.84. The third kappa shape index (κ3) is 2.81. The number of pyridine rings is 1. The maximum absolute atomic E-state index is 12.6. The maximum Gasteiger partial charge on any atom is 0.196 e. The lowest BCUT2D eigenvalue weighted by Crippen LogP contribution is -2.06. The number of carbonyl (C=O) groups excluding carboxylic acids is 1. The molecule has 0 saturated heterocycles. The molecule has 0 fully saturated rings. The Labute approximate surface area is 128 Å². The van der Waals surface area contributed by atoms with Crippen molar-refractivity contribution in [1.29, 1.82) is 0 Å². The number of phenolic OH excluding ortho intramolecular Hbond substituents is 1. The smallest absolute Gasteiger partial charge is 0.196 e. The van der Waals surface area contributed by atoms with Crippen molar-refractivity contribution < 1.29 is 9.90 Å². The summed E-state index contributed by atoms with van der Waals surface area (Å²) in [5.74, 6) is 0.00374. The summed E-state index contributed by atoms with van der Waals surface area (Å²) in [5.41, 5.74) is 2.19. The van der Waals surface area contributed by atoms with E-state index in [9.17, 15) is 9.90 Å². The summed E-state index contributed by atoms with van der Waals surface area (Å²) < 4.78 is 0. The van der Waals surface area contributed by atoms with Crippen LogP contribution in [0.1, 0.15) is 15.9 Å². The summed E-state index contributed by atoms with van der Waals surface area (Å²) in [7, 11) is 0. The number of aromatic nitrogens is 1. The summed E-state index contributed by atoms with van der Waals surface area (Å²) in [6.07, 6.45) is 3.13. The molecule has 4 nitrogen and oxygen atoms in total.